The van der Waals surface area contributed by atoms with Crippen molar-refractivity contribution in [1.29, 1.82) is 0 Å². The van der Waals surface area contributed by atoms with Crippen LogP contribution in [0.25, 0.3) is 10.8 Å². The third-order valence-corrected chi connectivity index (χ3v) is 6.21. The Balaban J connectivity index is 1.41. The molecule has 1 fully saturated rings. The van der Waals surface area contributed by atoms with E-state index in [1.165, 1.54) is 6.92 Å². The molecule has 4 rings (SSSR count). The van der Waals surface area contributed by atoms with Gasteiger partial charge >= 0.3 is 6.03 Å². The van der Waals surface area contributed by atoms with E-state index < -0.39 is 6.04 Å². The van der Waals surface area contributed by atoms with Gasteiger partial charge < -0.3 is 25.2 Å². The number of urea groups is 1. The number of rotatable bonds is 6. The number of fused-ring (bicyclic) bond motifs is 1. The van der Waals surface area contributed by atoms with Crippen LogP contribution in [0.1, 0.15) is 12.5 Å². The Morgan fingerprint density at radius 3 is 2.29 bits per heavy atom. The van der Waals surface area contributed by atoms with E-state index in [1.807, 2.05) is 54.6 Å². The molecule has 0 aliphatic carbocycles. The molecule has 3 aromatic carbocycles. The van der Waals surface area contributed by atoms with Crippen LogP contribution in [0.2, 0.25) is 0 Å². The van der Waals surface area contributed by atoms with Crippen molar-refractivity contribution in [3.05, 3.63) is 72.3 Å². The van der Waals surface area contributed by atoms with Crippen molar-refractivity contribution >= 4 is 34.3 Å². The highest BCUT2D eigenvalue weighted by molar-refractivity contribution is 5.92. The van der Waals surface area contributed by atoms with Crippen molar-refractivity contribution < 1.29 is 19.1 Å². The maximum absolute atomic E-state index is 13.4. The van der Waals surface area contributed by atoms with Crippen molar-refractivity contribution in [3.63, 3.8) is 0 Å². The predicted molar refractivity (Wildman–Crippen MR) is 135 cm³/mol. The molecule has 2 N–H and O–H groups in total. The highest BCUT2D eigenvalue weighted by Crippen LogP contribution is 2.24. The summed E-state index contributed by atoms with van der Waals surface area (Å²) in [5.74, 6) is 0.192. The molecule has 3 aromatic rings. The molecule has 8 nitrogen and oxygen atoms in total. The van der Waals surface area contributed by atoms with Gasteiger partial charge in [-0.25, -0.2) is 4.79 Å². The number of piperazine rings is 1. The molecule has 1 aliphatic heterocycles. The van der Waals surface area contributed by atoms with Crippen LogP contribution < -0.4 is 15.4 Å². The van der Waals surface area contributed by atoms with Gasteiger partial charge in [0.15, 0.2) is 0 Å². The lowest BCUT2D eigenvalue weighted by Gasteiger charge is -2.36. The minimum atomic E-state index is -0.674. The summed E-state index contributed by atoms with van der Waals surface area (Å²) in [6.45, 7) is 3.00. The minimum absolute atomic E-state index is 0.141. The summed E-state index contributed by atoms with van der Waals surface area (Å²) in [6, 6.07) is 20.3. The van der Waals surface area contributed by atoms with Gasteiger partial charge in [-0.05, 0) is 28.5 Å². The molecule has 1 aliphatic rings. The predicted octanol–water partition coefficient (Wildman–Crippen LogP) is 3.27. The molecule has 35 heavy (non-hydrogen) atoms. The molecule has 0 aromatic heterocycles. The van der Waals surface area contributed by atoms with Crippen LogP contribution in [0.4, 0.5) is 10.5 Å². The van der Waals surface area contributed by atoms with Crippen LogP contribution in [0.5, 0.6) is 5.75 Å². The Morgan fingerprint density at radius 2 is 1.54 bits per heavy atom. The van der Waals surface area contributed by atoms with Gasteiger partial charge in [-0.15, -0.1) is 0 Å². The standard InChI is InChI=1S/C27H30N4O4/c1-19(32)28-24(18-21-10-7-9-20-8-3-4-11-22(20)21)26(33)30-14-16-31(17-15-30)27(34)29-23-12-5-6-13-25(23)35-2/h3-13,24H,14-18H2,1-2H3,(H,28,32)(H,29,34). The fourth-order valence-corrected chi connectivity index (χ4v) is 4.43. The fourth-order valence-electron chi connectivity index (χ4n) is 4.43. The number of carbonyl (C=O) groups is 3. The monoisotopic (exact) mass is 474 g/mol. The number of amides is 4. The molecule has 4 amide bonds. The lowest BCUT2D eigenvalue weighted by molar-refractivity contribution is -0.137. The number of methoxy groups -OCH3 is 1. The number of nitrogens with zero attached hydrogens (tertiary/aromatic N) is 2. The molecule has 8 heteroatoms. The van der Waals surface area contributed by atoms with Crippen LogP contribution in [0, 0.1) is 0 Å². The van der Waals surface area contributed by atoms with Crippen molar-refractivity contribution in [3.8, 4) is 5.75 Å². The first-order valence-electron chi connectivity index (χ1n) is 11.7. The molecular weight excluding hydrogens is 444 g/mol. The number of carbonyl (C=O) groups excluding carboxylic acids is 3. The van der Waals surface area contributed by atoms with E-state index in [1.54, 1.807) is 29.0 Å². The summed E-state index contributed by atoms with van der Waals surface area (Å²) < 4.78 is 5.30. The first-order valence-corrected chi connectivity index (χ1v) is 11.7. The topological polar surface area (TPSA) is 91.0 Å². The van der Waals surface area contributed by atoms with Crippen LogP contribution in [0.3, 0.4) is 0 Å². The second kappa shape index (κ2) is 10.9. The zero-order chi connectivity index (χ0) is 24.8. The largest absolute Gasteiger partial charge is 0.495 e. The van der Waals surface area contributed by atoms with E-state index in [2.05, 4.69) is 10.6 Å². The van der Waals surface area contributed by atoms with Gasteiger partial charge in [-0.2, -0.15) is 0 Å². The molecule has 1 atom stereocenters. The second-order valence-electron chi connectivity index (χ2n) is 8.54. The minimum Gasteiger partial charge on any atom is -0.495 e. The van der Waals surface area contributed by atoms with Gasteiger partial charge in [0.2, 0.25) is 11.8 Å². The maximum atomic E-state index is 13.4. The molecule has 182 valence electrons. The molecule has 0 radical (unpaired) electrons. The molecular formula is C27H30N4O4. The Kier molecular flexibility index (Phi) is 7.50. The number of benzene rings is 3. The summed E-state index contributed by atoms with van der Waals surface area (Å²) in [6.07, 6.45) is 0.397. The summed E-state index contributed by atoms with van der Waals surface area (Å²) in [4.78, 5) is 41.5. The lowest BCUT2D eigenvalue weighted by Crippen LogP contribution is -2.56. The average molecular weight is 475 g/mol. The van der Waals surface area contributed by atoms with Crippen LogP contribution >= 0.6 is 0 Å². The van der Waals surface area contributed by atoms with Crippen molar-refractivity contribution in [1.82, 2.24) is 15.1 Å². The van der Waals surface area contributed by atoms with E-state index in [0.717, 1.165) is 16.3 Å². The zero-order valence-electron chi connectivity index (χ0n) is 20.0. The fraction of sp³-hybridized carbons (Fsp3) is 0.296. The van der Waals surface area contributed by atoms with E-state index >= 15 is 0 Å². The molecule has 1 saturated heterocycles. The first kappa shape index (κ1) is 24.1. The molecule has 1 unspecified atom stereocenters. The quantitative estimate of drug-likeness (QED) is 0.574. The van der Waals surface area contributed by atoms with Gasteiger partial charge in [0.05, 0.1) is 12.8 Å². The van der Waals surface area contributed by atoms with Crippen molar-refractivity contribution in [2.75, 3.05) is 38.6 Å². The maximum Gasteiger partial charge on any atom is 0.322 e. The Labute approximate surface area is 204 Å². The number of hydrogen-bond donors (Lipinski definition) is 2. The van der Waals surface area contributed by atoms with Crippen LogP contribution in [0.15, 0.2) is 66.7 Å². The third-order valence-electron chi connectivity index (χ3n) is 6.21. The van der Waals surface area contributed by atoms with Gasteiger partial charge in [0, 0.05) is 39.5 Å². The third kappa shape index (κ3) is 5.71. The molecule has 1 heterocycles. The number of hydrogen-bond acceptors (Lipinski definition) is 4. The summed E-state index contributed by atoms with van der Waals surface area (Å²) in [5.41, 5.74) is 1.60. The SMILES string of the molecule is COc1ccccc1NC(=O)N1CCN(C(=O)C(Cc2cccc3ccccc23)NC(C)=O)CC1. The van der Waals surface area contributed by atoms with Crippen molar-refractivity contribution in [2.24, 2.45) is 0 Å². The lowest BCUT2D eigenvalue weighted by atomic mass is 9.98. The smallest absolute Gasteiger partial charge is 0.322 e. The highest BCUT2D eigenvalue weighted by Gasteiger charge is 2.30. The summed E-state index contributed by atoms with van der Waals surface area (Å²) in [7, 11) is 1.55. The van der Waals surface area contributed by atoms with Gasteiger partial charge in [-0.1, -0.05) is 54.6 Å². The van der Waals surface area contributed by atoms with E-state index in [9.17, 15) is 14.4 Å². The van der Waals surface area contributed by atoms with E-state index in [4.69, 9.17) is 4.74 Å². The van der Waals surface area contributed by atoms with Crippen LogP contribution in [-0.2, 0) is 16.0 Å². The highest BCUT2D eigenvalue weighted by atomic mass is 16.5. The molecule has 0 spiro atoms. The first-order chi connectivity index (χ1) is 17.0. The Hall–Kier alpha value is -4.07. The number of ether oxygens (including phenoxy) is 1. The van der Waals surface area contributed by atoms with Gasteiger partial charge in [-0.3, -0.25) is 9.59 Å². The van der Waals surface area contributed by atoms with Gasteiger partial charge in [0.25, 0.3) is 0 Å². The molecule has 0 bridgehead atoms. The van der Waals surface area contributed by atoms with E-state index in [-0.39, 0.29) is 17.8 Å². The van der Waals surface area contributed by atoms with Crippen LogP contribution in [-0.4, -0.2) is 67.0 Å². The second-order valence-corrected chi connectivity index (χ2v) is 8.54. The van der Waals surface area contributed by atoms with Gasteiger partial charge in [0.1, 0.15) is 11.8 Å². The number of para-hydroxylation sites is 2. The number of nitrogens with one attached hydrogen (secondary N) is 2. The molecule has 0 saturated carbocycles. The summed E-state index contributed by atoms with van der Waals surface area (Å²) in [5, 5.41) is 7.86. The van der Waals surface area contributed by atoms with E-state index in [0.29, 0.717) is 44.0 Å². The zero-order valence-corrected chi connectivity index (χ0v) is 20.0. The number of anilines is 1. The Morgan fingerprint density at radius 1 is 0.886 bits per heavy atom. The Bertz CT molecular complexity index is 1220. The average Bonchev–Trinajstić information content (AvgIpc) is 2.88. The summed E-state index contributed by atoms with van der Waals surface area (Å²) >= 11 is 0. The normalized spacial score (nSPS) is 14.3. The van der Waals surface area contributed by atoms with Crippen molar-refractivity contribution in [2.45, 2.75) is 19.4 Å².